The molecule has 0 amide bonds. The number of hydrogen-bond acceptors (Lipinski definition) is 2. The Morgan fingerprint density at radius 3 is 2.32 bits per heavy atom. The fourth-order valence-corrected chi connectivity index (χ4v) is 2.62. The molecule has 0 aliphatic rings. The van der Waals surface area contributed by atoms with E-state index in [1.165, 1.54) is 6.07 Å². The van der Waals surface area contributed by atoms with Crippen molar-refractivity contribution in [3.8, 4) is 6.07 Å². The van der Waals surface area contributed by atoms with Crippen LogP contribution in [-0.2, 0) is 0 Å². The number of rotatable bonds is 2. The number of halogens is 2. The smallest absolute Gasteiger partial charge is 0.147 e. The van der Waals surface area contributed by atoms with Crippen LogP contribution in [0.3, 0.4) is 0 Å². The molecule has 0 bridgehead atoms. The highest BCUT2D eigenvalue weighted by molar-refractivity contribution is 9.10. The van der Waals surface area contributed by atoms with Gasteiger partial charge < -0.3 is 5.32 Å². The van der Waals surface area contributed by atoms with Crippen LogP contribution in [0.15, 0.2) is 34.8 Å². The molecular weight excluding hydrogens is 307 g/mol. The minimum atomic E-state index is -0.430. The first-order chi connectivity index (χ1) is 9.01. The highest BCUT2D eigenvalue weighted by Crippen LogP contribution is 2.29. The lowest BCUT2D eigenvalue weighted by atomic mass is 10.1. The maximum Gasteiger partial charge on any atom is 0.147 e. The summed E-state index contributed by atoms with van der Waals surface area (Å²) in [6.45, 7) is 3.92. The minimum Gasteiger partial charge on any atom is -0.353 e. The highest BCUT2D eigenvalue weighted by Gasteiger charge is 2.08. The van der Waals surface area contributed by atoms with Crippen LogP contribution in [0.5, 0.6) is 0 Å². The molecule has 0 spiro atoms. The van der Waals surface area contributed by atoms with Crippen LogP contribution in [0, 0.1) is 31.0 Å². The number of nitrogens with one attached hydrogen (secondary N) is 1. The van der Waals surface area contributed by atoms with Crippen molar-refractivity contribution in [1.82, 2.24) is 0 Å². The van der Waals surface area contributed by atoms with Gasteiger partial charge in [0.1, 0.15) is 5.82 Å². The van der Waals surface area contributed by atoms with Crippen LogP contribution in [0.1, 0.15) is 16.7 Å². The maximum atomic E-state index is 13.8. The Hall–Kier alpha value is -1.86. The van der Waals surface area contributed by atoms with Gasteiger partial charge in [-0.05, 0) is 55.3 Å². The van der Waals surface area contributed by atoms with E-state index in [1.807, 2.05) is 32.0 Å². The average molecular weight is 319 g/mol. The fourth-order valence-electron chi connectivity index (χ4n) is 1.93. The second kappa shape index (κ2) is 5.41. The Morgan fingerprint density at radius 2 is 1.79 bits per heavy atom. The second-order valence-corrected chi connectivity index (χ2v) is 5.26. The van der Waals surface area contributed by atoms with Crippen LogP contribution < -0.4 is 5.32 Å². The van der Waals surface area contributed by atoms with Crippen molar-refractivity contribution in [3.63, 3.8) is 0 Å². The number of anilines is 2. The van der Waals surface area contributed by atoms with Gasteiger partial charge in [0.15, 0.2) is 0 Å². The molecule has 0 atom stereocenters. The Balaban J connectivity index is 2.40. The summed E-state index contributed by atoms with van der Waals surface area (Å²) in [5.41, 5.74) is 3.61. The zero-order chi connectivity index (χ0) is 14.0. The van der Waals surface area contributed by atoms with Crippen molar-refractivity contribution in [2.75, 3.05) is 5.32 Å². The monoisotopic (exact) mass is 318 g/mol. The summed E-state index contributed by atoms with van der Waals surface area (Å²) >= 11 is 3.43. The average Bonchev–Trinajstić information content (AvgIpc) is 2.35. The van der Waals surface area contributed by atoms with Crippen molar-refractivity contribution in [2.45, 2.75) is 13.8 Å². The van der Waals surface area contributed by atoms with Crippen LogP contribution in [-0.4, -0.2) is 0 Å². The zero-order valence-electron chi connectivity index (χ0n) is 10.6. The SMILES string of the molecule is Cc1cc(Br)cc(C)c1Nc1ccc(C#N)cc1F. The second-order valence-electron chi connectivity index (χ2n) is 4.35. The van der Waals surface area contributed by atoms with Gasteiger partial charge in [0.2, 0.25) is 0 Å². The molecule has 19 heavy (non-hydrogen) atoms. The number of benzene rings is 2. The lowest BCUT2D eigenvalue weighted by Gasteiger charge is -2.14. The molecule has 2 nitrogen and oxygen atoms in total. The Kier molecular flexibility index (Phi) is 3.87. The Labute approximate surface area is 120 Å². The van der Waals surface area contributed by atoms with Gasteiger partial charge in [-0.3, -0.25) is 0 Å². The van der Waals surface area contributed by atoms with Gasteiger partial charge in [0.05, 0.1) is 17.3 Å². The molecule has 1 N–H and O–H groups in total. The van der Waals surface area contributed by atoms with Crippen LogP contribution in [0.2, 0.25) is 0 Å². The molecule has 0 saturated heterocycles. The first-order valence-corrected chi connectivity index (χ1v) is 6.54. The summed E-state index contributed by atoms with van der Waals surface area (Å²) in [6.07, 6.45) is 0. The quantitative estimate of drug-likeness (QED) is 0.861. The van der Waals surface area contributed by atoms with Crippen molar-refractivity contribution >= 4 is 27.3 Å². The van der Waals surface area contributed by atoms with Gasteiger partial charge >= 0.3 is 0 Å². The summed E-state index contributed by atoms with van der Waals surface area (Å²) in [6, 6.07) is 10.3. The Bertz CT molecular complexity index is 651. The molecule has 0 saturated carbocycles. The van der Waals surface area contributed by atoms with E-state index < -0.39 is 5.82 Å². The van der Waals surface area contributed by atoms with E-state index in [0.717, 1.165) is 21.3 Å². The normalized spacial score (nSPS) is 10.1. The van der Waals surface area contributed by atoms with Crippen LogP contribution in [0.4, 0.5) is 15.8 Å². The fraction of sp³-hybridized carbons (Fsp3) is 0.133. The third-order valence-corrected chi connectivity index (χ3v) is 3.31. The topological polar surface area (TPSA) is 35.8 Å². The molecule has 0 fully saturated rings. The minimum absolute atomic E-state index is 0.312. The molecule has 2 aromatic rings. The third-order valence-electron chi connectivity index (χ3n) is 2.86. The Morgan fingerprint density at radius 1 is 1.16 bits per heavy atom. The molecule has 0 aromatic heterocycles. The number of hydrogen-bond donors (Lipinski definition) is 1. The maximum absolute atomic E-state index is 13.8. The molecule has 0 radical (unpaired) electrons. The van der Waals surface area contributed by atoms with Gasteiger partial charge in [-0.15, -0.1) is 0 Å². The molecule has 0 aliphatic carbocycles. The van der Waals surface area contributed by atoms with Crippen molar-refractivity contribution in [3.05, 3.63) is 57.3 Å². The summed E-state index contributed by atoms with van der Waals surface area (Å²) in [4.78, 5) is 0. The number of nitriles is 1. The largest absolute Gasteiger partial charge is 0.353 e. The van der Waals surface area contributed by atoms with Gasteiger partial charge in [0.25, 0.3) is 0 Å². The zero-order valence-corrected chi connectivity index (χ0v) is 12.2. The molecule has 96 valence electrons. The molecule has 0 aliphatic heterocycles. The van der Waals surface area contributed by atoms with Crippen molar-refractivity contribution in [2.24, 2.45) is 0 Å². The predicted octanol–water partition coefficient (Wildman–Crippen LogP) is 4.82. The van der Waals surface area contributed by atoms with E-state index in [0.29, 0.717) is 11.3 Å². The van der Waals surface area contributed by atoms with Gasteiger partial charge in [-0.25, -0.2) is 4.39 Å². The summed E-state index contributed by atoms with van der Waals surface area (Å²) in [5.74, 6) is -0.430. The summed E-state index contributed by atoms with van der Waals surface area (Å²) in [7, 11) is 0. The van der Waals surface area contributed by atoms with Gasteiger partial charge in [0, 0.05) is 10.2 Å². The standard InChI is InChI=1S/C15H12BrFN2/c1-9-5-12(16)6-10(2)15(9)19-14-4-3-11(8-18)7-13(14)17/h3-7,19H,1-2H3. The van der Waals surface area contributed by atoms with Crippen LogP contribution in [0.25, 0.3) is 0 Å². The molecule has 2 aromatic carbocycles. The van der Waals surface area contributed by atoms with E-state index in [-0.39, 0.29) is 0 Å². The lowest BCUT2D eigenvalue weighted by Crippen LogP contribution is -1.99. The first-order valence-electron chi connectivity index (χ1n) is 5.74. The number of nitrogens with zero attached hydrogens (tertiary/aromatic N) is 1. The van der Waals surface area contributed by atoms with Gasteiger partial charge in [-0.1, -0.05) is 15.9 Å². The molecule has 4 heteroatoms. The van der Waals surface area contributed by atoms with E-state index in [2.05, 4.69) is 21.2 Å². The highest BCUT2D eigenvalue weighted by atomic mass is 79.9. The lowest BCUT2D eigenvalue weighted by molar-refractivity contribution is 0.631. The number of aryl methyl sites for hydroxylation is 2. The predicted molar refractivity (Wildman–Crippen MR) is 78.0 cm³/mol. The molecule has 2 rings (SSSR count). The van der Waals surface area contributed by atoms with E-state index in [1.54, 1.807) is 12.1 Å². The summed E-state index contributed by atoms with van der Waals surface area (Å²) < 4.78 is 14.8. The van der Waals surface area contributed by atoms with E-state index in [4.69, 9.17) is 5.26 Å². The first kappa shape index (κ1) is 13.6. The van der Waals surface area contributed by atoms with E-state index >= 15 is 0 Å². The molecular formula is C15H12BrFN2. The van der Waals surface area contributed by atoms with E-state index in [9.17, 15) is 4.39 Å². The van der Waals surface area contributed by atoms with Crippen LogP contribution >= 0.6 is 15.9 Å². The van der Waals surface area contributed by atoms with Crippen molar-refractivity contribution in [1.29, 1.82) is 5.26 Å². The van der Waals surface area contributed by atoms with Gasteiger partial charge in [-0.2, -0.15) is 5.26 Å². The molecule has 0 unspecified atom stereocenters. The third kappa shape index (κ3) is 2.94. The molecule has 0 heterocycles. The van der Waals surface area contributed by atoms with Crippen molar-refractivity contribution < 1.29 is 4.39 Å². The summed E-state index contributed by atoms with van der Waals surface area (Å²) in [5, 5.41) is 11.8.